The summed E-state index contributed by atoms with van der Waals surface area (Å²) < 4.78 is 29.7. The lowest BCUT2D eigenvalue weighted by molar-refractivity contribution is -0.148. The molecule has 1 aliphatic rings. The molecular weight excluding hydrogens is 472 g/mol. The number of phenols is 1. The summed E-state index contributed by atoms with van der Waals surface area (Å²) >= 11 is 0. The minimum Gasteiger partial charge on any atom is -0.508 e. The van der Waals surface area contributed by atoms with Crippen molar-refractivity contribution in [2.45, 2.75) is 51.3 Å². The van der Waals surface area contributed by atoms with Gasteiger partial charge in [0.15, 0.2) is 6.10 Å². The fourth-order valence-electron chi connectivity index (χ4n) is 4.48. The van der Waals surface area contributed by atoms with E-state index in [9.17, 15) is 33.4 Å². The molecule has 2 aromatic rings. The molecule has 10 heteroatoms. The highest BCUT2D eigenvalue weighted by Crippen LogP contribution is 2.48. The Kier molecular flexibility index (Phi) is 7.68. The Morgan fingerprint density at radius 3 is 2.36 bits per heavy atom. The van der Waals surface area contributed by atoms with E-state index < -0.39 is 53.8 Å². The Balaban J connectivity index is 1.94. The average molecular weight is 504 g/mol. The van der Waals surface area contributed by atoms with Crippen molar-refractivity contribution in [3.63, 3.8) is 0 Å². The number of hydrogen-bond donors (Lipinski definition) is 4. The molecule has 0 saturated carbocycles. The van der Waals surface area contributed by atoms with Crippen LogP contribution in [0.1, 0.15) is 35.3 Å². The molecule has 0 aliphatic carbocycles. The number of aliphatic hydroxyl groups excluding tert-OH is 1. The second kappa shape index (κ2) is 10.2. The summed E-state index contributed by atoms with van der Waals surface area (Å²) in [4.78, 5) is 39.7. The molecule has 4 N–H and O–H groups in total. The molecule has 3 rings (SSSR count). The molecular formula is C26H31F2N3O5. The monoisotopic (exact) mass is 503 g/mol. The fourth-order valence-corrected chi connectivity index (χ4v) is 4.48. The highest BCUT2D eigenvalue weighted by molar-refractivity contribution is 5.97. The molecule has 0 radical (unpaired) electrons. The van der Waals surface area contributed by atoms with Gasteiger partial charge in [0.05, 0.1) is 18.0 Å². The molecule has 1 aliphatic heterocycles. The van der Waals surface area contributed by atoms with E-state index in [0.29, 0.717) is 16.0 Å². The smallest absolute Gasteiger partial charge is 0.272 e. The lowest BCUT2D eigenvalue weighted by atomic mass is 9.81. The zero-order valence-corrected chi connectivity index (χ0v) is 20.6. The first-order valence-corrected chi connectivity index (χ1v) is 11.5. The lowest BCUT2D eigenvalue weighted by Crippen LogP contribution is -2.57. The molecule has 2 aromatic carbocycles. The number of aliphatic hydroxyl groups is 1. The van der Waals surface area contributed by atoms with Gasteiger partial charge in [-0.2, -0.15) is 0 Å². The Labute approximate surface area is 208 Å². The average Bonchev–Trinajstić information content (AvgIpc) is 3.03. The van der Waals surface area contributed by atoms with Crippen LogP contribution >= 0.6 is 0 Å². The molecule has 1 saturated heterocycles. The van der Waals surface area contributed by atoms with Gasteiger partial charge in [-0.25, -0.2) is 8.78 Å². The van der Waals surface area contributed by atoms with E-state index >= 15 is 0 Å². The fraction of sp³-hybridized carbons (Fsp3) is 0.423. The number of likely N-dealkylation sites (N-methyl/N-ethyl adjacent to an activating group) is 1. The van der Waals surface area contributed by atoms with E-state index in [2.05, 4.69) is 10.6 Å². The van der Waals surface area contributed by atoms with Gasteiger partial charge in [0.25, 0.3) is 17.7 Å². The Morgan fingerprint density at radius 1 is 1.11 bits per heavy atom. The van der Waals surface area contributed by atoms with Crippen LogP contribution < -0.4 is 10.6 Å². The quantitative estimate of drug-likeness (QED) is 0.461. The van der Waals surface area contributed by atoms with Crippen molar-refractivity contribution in [1.29, 1.82) is 0 Å². The van der Waals surface area contributed by atoms with Gasteiger partial charge in [0.1, 0.15) is 11.8 Å². The Hall–Kier alpha value is -3.53. The van der Waals surface area contributed by atoms with E-state index in [1.54, 1.807) is 37.3 Å². The van der Waals surface area contributed by atoms with Crippen LogP contribution in [0.15, 0.2) is 48.5 Å². The third-order valence-corrected chi connectivity index (χ3v) is 6.88. The first kappa shape index (κ1) is 27.1. The van der Waals surface area contributed by atoms with Crippen molar-refractivity contribution in [2.75, 3.05) is 13.6 Å². The van der Waals surface area contributed by atoms with Gasteiger partial charge in [0.2, 0.25) is 5.91 Å². The van der Waals surface area contributed by atoms with Gasteiger partial charge in [-0.05, 0) is 31.0 Å². The van der Waals surface area contributed by atoms with E-state index in [1.165, 1.54) is 39.1 Å². The van der Waals surface area contributed by atoms with Gasteiger partial charge >= 0.3 is 0 Å². The summed E-state index contributed by atoms with van der Waals surface area (Å²) in [5.41, 5.74) is -0.781. The summed E-state index contributed by atoms with van der Waals surface area (Å²) in [7, 11) is 1.28. The standard InChI is InChI=1S/C26H31F2N3O5/c1-15-17(11-8-12-19(15)32)22(34)30-18(13-16-9-6-5-7-10-16)20(33)24(36)31-14-26(27,28)25(2,3)21(31)23(35)29-4/h5-12,18,20-21,32-33H,13-14H2,1-4H3,(H,29,35)(H,30,34)/t18-,20-,21+/m0/s1. The van der Waals surface area contributed by atoms with Crippen molar-refractivity contribution in [2.24, 2.45) is 5.41 Å². The third-order valence-electron chi connectivity index (χ3n) is 6.88. The maximum Gasteiger partial charge on any atom is 0.272 e. The summed E-state index contributed by atoms with van der Waals surface area (Å²) in [6.45, 7) is 2.88. The van der Waals surface area contributed by atoms with Crippen molar-refractivity contribution >= 4 is 17.7 Å². The van der Waals surface area contributed by atoms with Gasteiger partial charge in [-0.15, -0.1) is 0 Å². The van der Waals surface area contributed by atoms with E-state index in [-0.39, 0.29) is 17.7 Å². The molecule has 1 heterocycles. The summed E-state index contributed by atoms with van der Waals surface area (Å²) in [5.74, 6) is -6.03. The number of hydrogen-bond acceptors (Lipinski definition) is 5. The van der Waals surface area contributed by atoms with E-state index in [4.69, 9.17) is 0 Å². The summed E-state index contributed by atoms with van der Waals surface area (Å²) in [6.07, 6.45) is -1.92. The summed E-state index contributed by atoms with van der Waals surface area (Å²) in [6, 6.07) is 10.4. The van der Waals surface area contributed by atoms with Crippen LogP contribution in [0.5, 0.6) is 5.75 Å². The van der Waals surface area contributed by atoms with Crippen molar-refractivity contribution in [3.05, 3.63) is 65.2 Å². The number of likely N-dealkylation sites (tertiary alicyclic amines) is 1. The molecule has 0 unspecified atom stereocenters. The minimum atomic E-state index is -3.39. The van der Waals surface area contributed by atoms with Crippen LogP contribution in [-0.4, -0.2) is 70.5 Å². The molecule has 3 atom stereocenters. The largest absolute Gasteiger partial charge is 0.508 e. The number of nitrogens with zero attached hydrogens (tertiary/aromatic N) is 1. The maximum absolute atomic E-state index is 14.9. The number of halogens is 2. The topological polar surface area (TPSA) is 119 Å². The van der Waals surface area contributed by atoms with Gasteiger partial charge in [-0.3, -0.25) is 14.4 Å². The Morgan fingerprint density at radius 2 is 1.75 bits per heavy atom. The third kappa shape index (κ3) is 5.04. The van der Waals surface area contributed by atoms with Crippen LogP contribution in [0.2, 0.25) is 0 Å². The first-order valence-electron chi connectivity index (χ1n) is 11.5. The number of rotatable bonds is 7. The number of amides is 3. The zero-order chi connectivity index (χ0) is 26.8. The number of benzene rings is 2. The number of carbonyl (C=O) groups is 3. The van der Waals surface area contributed by atoms with E-state index in [0.717, 1.165) is 0 Å². The minimum absolute atomic E-state index is 0.00954. The van der Waals surface area contributed by atoms with Crippen LogP contribution in [-0.2, 0) is 16.0 Å². The highest BCUT2D eigenvalue weighted by atomic mass is 19.3. The number of alkyl halides is 2. The number of carbonyl (C=O) groups excluding carboxylic acids is 3. The number of aromatic hydroxyl groups is 1. The highest BCUT2D eigenvalue weighted by Gasteiger charge is 2.64. The van der Waals surface area contributed by atoms with Gasteiger partial charge in [0, 0.05) is 18.2 Å². The maximum atomic E-state index is 14.9. The molecule has 0 bridgehead atoms. The van der Waals surface area contributed by atoms with Crippen molar-refractivity contribution < 1.29 is 33.4 Å². The molecule has 194 valence electrons. The zero-order valence-electron chi connectivity index (χ0n) is 20.6. The second-order valence-corrected chi connectivity index (χ2v) is 9.57. The molecule has 3 amide bonds. The molecule has 0 spiro atoms. The van der Waals surface area contributed by atoms with Crippen molar-refractivity contribution in [1.82, 2.24) is 15.5 Å². The van der Waals surface area contributed by atoms with Crippen molar-refractivity contribution in [3.8, 4) is 5.75 Å². The predicted octanol–water partition coefficient (Wildman–Crippen LogP) is 2.02. The van der Waals surface area contributed by atoms with Crippen LogP contribution in [0, 0.1) is 12.3 Å². The van der Waals surface area contributed by atoms with Crippen LogP contribution in [0.3, 0.4) is 0 Å². The molecule has 0 aromatic heterocycles. The van der Waals surface area contributed by atoms with Gasteiger partial charge in [-0.1, -0.05) is 50.2 Å². The SMILES string of the molecule is CNC(=O)[C@H]1N(C(=O)[C@@H](O)[C@H](Cc2ccccc2)NC(=O)c2cccc(O)c2C)CC(F)(F)C1(C)C. The molecule has 1 fully saturated rings. The van der Waals surface area contributed by atoms with Crippen LogP contribution in [0.4, 0.5) is 8.78 Å². The second-order valence-electron chi connectivity index (χ2n) is 9.57. The van der Waals surface area contributed by atoms with Gasteiger partial charge < -0.3 is 25.7 Å². The predicted molar refractivity (Wildman–Crippen MR) is 129 cm³/mol. The lowest BCUT2D eigenvalue weighted by Gasteiger charge is -2.34. The Bertz CT molecular complexity index is 1140. The first-order chi connectivity index (χ1) is 16.8. The summed E-state index contributed by atoms with van der Waals surface area (Å²) in [5, 5.41) is 26.0. The normalized spacial score (nSPS) is 19.9. The number of phenolic OH excluding ortho intramolecular Hbond substituents is 1. The molecule has 8 nitrogen and oxygen atoms in total. The molecule has 36 heavy (non-hydrogen) atoms. The van der Waals surface area contributed by atoms with E-state index in [1.807, 2.05) is 0 Å². The number of nitrogens with one attached hydrogen (secondary N) is 2. The van der Waals surface area contributed by atoms with Crippen LogP contribution in [0.25, 0.3) is 0 Å².